The average molecular weight is 491 g/mol. The Kier molecular flexibility index (Phi) is 7.57. The van der Waals surface area contributed by atoms with Crippen LogP contribution in [0.1, 0.15) is 74.6 Å². The van der Waals surface area contributed by atoms with Crippen LogP contribution in [0.5, 0.6) is 0 Å². The Labute approximate surface area is 212 Å². The van der Waals surface area contributed by atoms with Gasteiger partial charge in [0.25, 0.3) is 5.91 Å². The lowest BCUT2D eigenvalue weighted by Gasteiger charge is -2.29. The predicted molar refractivity (Wildman–Crippen MR) is 139 cm³/mol. The molecule has 0 radical (unpaired) electrons. The summed E-state index contributed by atoms with van der Waals surface area (Å²) in [4.78, 5) is 35.9. The Bertz CT molecular complexity index is 1240. The van der Waals surface area contributed by atoms with E-state index in [1.807, 2.05) is 71.0 Å². The Balaban J connectivity index is 0.00000148. The zero-order valence-corrected chi connectivity index (χ0v) is 21.6. The maximum Gasteiger partial charge on any atom is 0.325 e. The molecular weight excluding hydrogens is 455 g/mol. The number of urea groups is 1. The molecule has 2 N–H and O–H groups in total. The van der Waals surface area contributed by atoms with Gasteiger partial charge in [0.2, 0.25) is 0 Å². The van der Waals surface area contributed by atoms with E-state index in [1.54, 1.807) is 6.07 Å². The zero-order valence-electron chi connectivity index (χ0n) is 21.6. The number of imidazole rings is 1. The zero-order chi connectivity index (χ0) is 26.0. The first kappa shape index (κ1) is 25.6. The number of aromatic amines is 1. The summed E-state index contributed by atoms with van der Waals surface area (Å²) < 4.78 is 14.8. The van der Waals surface area contributed by atoms with Crippen LogP contribution in [0.3, 0.4) is 0 Å². The molecule has 1 unspecified atom stereocenters. The largest absolute Gasteiger partial charge is 0.344 e. The van der Waals surface area contributed by atoms with Gasteiger partial charge < -0.3 is 10.3 Å². The van der Waals surface area contributed by atoms with Crippen molar-refractivity contribution < 1.29 is 14.0 Å². The Morgan fingerprint density at radius 3 is 2.42 bits per heavy atom. The van der Waals surface area contributed by atoms with Gasteiger partial charge in [-0.25, -0.2) is 14.2 Å². The third-order valence-electron chi connectivity index (χ3n) is 6.96. The number of carbonyl (C=O) groups excluding carboxylic acids is 2. The first-order chi connectivity index (χ1) is 17.3. The van der Waals surface area contributed by atoms with Crippen molar-refractivity contribution in [2.45, 2.75) is 71.9 Å². The second-order valence-corrected chi connectivity index (χ2v) is 9.61. The molecule has 2 aliphatic rings. The average Bonchev–Trinajstić information content (AvgIpc) is 3.56. The number of rotatable bonds is 7. The van der Waals surface area contributed by atoms with Crippen LogP contribution in [0.2, 0.25) is 0 Å². The van der Waals surface area contributed by atoms with Crippen LogP contribution in [0.25, 0.3) is 11.3 Å². The number of nitrogens with zero attached hydrogens (tertiary/aromatic N) is 2. The molecule has 3 amide bonds. The van der Waals surface area contributed by atoms with E-state index in [4.69, 9.17) is 4.98 Å². The number of hydrogen-bond donors (Lipinski definition) is 2. The molecule has 5 rings (SSSR count). The molecule has 7 heteroatoms. The van der Waals surface area contributed by atoms with E-state index in [9.17, 15) is 14.0 Å². The van der Waals surface area contributed by atoms with Crippen LogP contribution in [0, 0.1) is 25.6 Å². The molecule has 2 heterocycles. The molecule has 1 saturated heterocycles. The molecule has 1 aliphatic heterocycles. The van der Waals surface area contributed by atoms with E-state index in [1.165, 1.54) is 11.0 Å². The molecule has 2 aromatic carbocycles. The van der Waals surface area contributed by atoms with Gasteiger partial charge in [-0.15, -0.1) is 0 Å². The van der Waals surface area contributed by atoms with E-state index < -0.39 is 18.1 Å². The lowest BCUT2D eigenvalue weighted by atomic mass is 9.91. The molecule has 3 aromatic rings. The van der Waals surface area contributed by atoms with Crippen molar-refractivity contribution in [1.82, 2.24) is 20.2 Å². The topological polar surface area (TPSA) is 78.1 Å². The summed E-state index contributed by atoms with van der Waals surface area (Å²) >= 11 is 0. The van der Waals surface area contributed by atoms with Crippen molar-refractivity contribution >= 4 is 11.9 Å². The second kappa shape index (κ2) is 10.6. The third-order valence-corrected chi connectivity index (χ3v) is 6.96. The molecule has 0 bridgehead atoms. The second-order valence-electron chi connectivity index (χ2n) is 9.61. The van der Waals surface area contributed by atoms with Crippen LogP contribution < -0.4 is 5.32 Å². The van der Waals surface area contributed by atoms with Crippen LogP contribution in [0.15, 0.2) is 48.5 Å². The van der Waals surface area contributed by atoms with Crippen molar-refractivity contribution in [2.24, 2.45) is 5.92 Å². The number of amides is 3. The van der Waals surface area contributed by atoms with Gasteiger partial charge in [-0.05, 0) is 49.4 Å². The minimum atomic E-state index is -0.653. The van der Waals surface area contributed by atoms with Gasteiger partial charge in [0.1, 0.15) is 23.7 Å². The van der Waals surface area contributed by atoms with Crippen molar-refractivity contribution in [3.63, 3.8) is 0 Å². The first-order valence-corrected chi connectivity index (χ1v) is 12.8. The van der Waals surface area contributed by atoms with Gasteiger partial charge in [-0.2, -0.15) is 0 Å². The first-order valence-electron chi connectivity index (χ1n) is 12.8. The van der Waals surface area contributed by atoms with Gasteiger partial charge in [-0.1, -0.05) is 70.0 Å². The number of aromatic nitrogens is 2. The highest BCUT2D eigenvalue weighted by atomic mass is 19.1. The molecule has 6 nitrogen and oxygen atoms in total. The summed E-state index contributed by atoms with van der Waals surface area (Å²) in [5.74, 6) is 0.174. The summed E-state index contributed by atoms with van der Waals surface area (Å²) in [5, 5.41) is 2.89. The maximum absolute atomic E-state index is 14.8. The van der Waals surface area contributed by atoms with E-state index >= 15 is 0 Å². The number of H-pyrrole nitrogens is 1. The molecule has 1 aliphatic carbocycles. The van der Waals surface area contributed by atoms with Crippen LogP contribution in [-0.2, 0) is 4.79 Å². The molecule has 2 fully saturated rings. The fourth-order valence-electron chi connectivity index (χ4n) is 4.88. The van der Waals surface area contributed by atoms with Crippen molar-refractivity contribution in [3.05, 3.63) is 77.0 Å². The van der Waals surface area contributed by atoms with Gasteiger partial charge in [0.05, 0.1) is 5.69 Å². The number of carbonyl (C=O) groups is 2. The van der Waals surface area contributed by atoms with Crippen molar-refractivity contribution in [1.29, 1.82) is 0 Å². The van der Waals surface area contributed by atoms with Gasteiger partial charge in [0.15, 0.2) is 0 Å². The van der Waals surface area contributed by atoms with Crippen molar-refractivity contribution in [3.8, 4) is 11.3 Å². The Morgan fingerprint density at radius 1 is 1.08 bits per heavy atom. The number of nitrogens with one attached hydrogen (secondary N) is 2. The Morgan fingerprint density at radius 2 is 1.78 bits per heavy atom. The lowest BCUT2D eigenvalue weighted by molar-refractivity contribution is -0.129. The highest BCUT2D eigenvalue weighted by Gasteiger charge is 2.47. The molecule has 1 aromatic heterocycles. The number of hydrogen-bond acceptors (Lipinski definition) is 3. The van der Waals surface area contributed by atoms with Crippen LogP contribution >= 0.6 is 0 Å². The van der Waals surface area contributed by atoms with E-state index in [0.29, 0.717) is 35.1 Å². The SMILES string of the molecule is CC.Cc1ccc(-c2nc([C@H](C(C)c3ccccc3)N3C(=O)N[C@H](CC4CC4)C3=O)[nH]c2C)c(F)c1. The summed E-state index contributed by atoms with van der Waals surface area (Å²) in [5.41, 5.74) is 3.37. The molecular formula is C29H35FN4O2. The van der Waals surface area contributed by atoms with E-state index in [2.05, 4.69) is 10.3 Å². The molecule has 190 valence electrons. The lowest BCUT2D eigenvalue weighted by Crippen LogP contribution is -2.38. The van der Waals surface area contributed by atoms with Crippen LogP contribution in [-0.4, -0.2) is 32.8 Å². The van der Waals surface area contributed by atoms with Gasteiger partial charge in [0, 0.05) is 17.2 Å². The maximum atomic E-state index is 14.8. The quantitative estimate of drug-likeness (QED) is 0.375. The standard InChI is InChI=1S/C27H29FN4O2.C2H6/c1-15-9-12-20(21(28)13-15)23-17(3)29-25(31-23)24(16(2)19-7-5-4-6-8-19)32-26(33)22(30-27(32)34)14-18-10-11-18;1-2/h4-9,12-13,16,18,22,24H,10-11,14H2,1-3H3,(H,29,31)(H,30,34);1-2H3/t16?,22-,24+;/m1./s1. The fraction of sp³-hybridized carbons (Fsp3) is 0.414. The number of imide groups is 1. The van der Waals surface area contributed by atoms with Crippen LogP contribution in [0.4, 0.5) is 9.18 Å². The molecule has 1 saturated carbocycles. The highest BCUT2D eigenvalue weighted by Crippen LogP contribution is 2.40. The van der Waals surface area contributed by atoms with E-state index in [-0.39, 0.29) is 17.6 Å². The monoisotopic (exact) mass is 490 g/mol. The Hall–Kier alpha value is -3.48. The highest BCUT2D eigenvalue weighted by molar-refractivity contribution is 6.04. The fourth-order valence-corrected chi connectivity index (χ4v) is 4.88. The summed E-state index contributed by atoms with van der Waals surface area (Å²) in [6, 6.07) is 13.2. The van der Waals surface area contributed by atoms with Gasteiger partial charge in [-0.3, -0.25) is 9.69 Å². The number of aryl methyl sites for hydroxylation is 2. The molecule has 36 heavy (non-hydrogen) atoms. The summed E-state index contributed by atoms with van der Waals surface area (Å²) in [7, 11) is 0. The minimum absolute atomic E-state index is 0.221. The normalized spacial score (nSPS) is 18.9. The smallest absolute Gasteiger partial charge is 0.325 e. The minimum Gasteiger partial charge on any atom is -0.344 e. The number of halogens is 1. The van der Waals surface area contributed by atoms with Crippen molar-refractivity contribution in [2.75, 3.05) is 0 Å². The third kappa shape index (κ3) is 5.06. The molecule has 0 spiro atoms. The van der Waals surface area contributed by atoms with Gasteiger partial charge >= 0.3 is 6.03 Å². The summed E-state index contributed by atoms with van der Waals surface area (Å²) in [6.07, 6.45) is 2.88. The number of benzene rings is 2. The predicted octanol–water partition coefficient (Wildman–Crippen LogP) is 6.42. The molecule has 3 atom stereocenters. The van der Waals surface area contributed by atoms with E-state index in [0.717, 1.165) is 24.0 Å². The summed E-state index contributed by atoms with van der Waals surface area (Å²) in [6.45, 7) is 9.65.